The number of benzene rings is 12. The fraction of sp³-hybridized carbons (Fsp3) is 0.0805. The van der Waals surface area contributed by atoms with Gasteiger partial charge >= 0.3 is 7.12 Å². The second kappa shape index (κ2) is 27.3. The Morgan fingerprint density at radius 1 is 0.311 bits per heavy atom. The van der Waals surface area contributed by atoms with Crippen molar-refractivity contribution in [1.82, 2.24) is 49.0 Å². The Kier molecular flexibility index (Phi) is 17.3. The zero-order valence-electron chi connectivity index (χ0n) is 56.1. The third-order valence-corrected chi connectivity index (χ3v) is 19.7. The summed E-state index contributed by atoms with van der Waals surface area (Å²) >= 11 is 3.61. The number of imidazole rings is 2. The molecule has 0 atom stereocenters. The molecule has 103 heavy (non-hydrogen) atoms. The summed E-state index contributed by atoms with van der Waals surface area (Å²) in [4.78, 5) is 39.2. The van der Waals surface area contributed by atoms with E-state index >= 15 is 0 Å². The fourth-order valence-corrected chi connectivity index (χ4v) is 13.7. The van der Waals surface area contributed by atoms with Crippen molar-refractivity contribution >= 4 is 73.8 Å². The van der Waals surface area contributed by atoms with E-state index in [4.69, 9.17) is 49.2 Å². The van der Waals surface area contributed by atoms with Crippen LogP contribution in [0.15, 0.2) is 308 Å². The van der Waals surface area contributed by atoms with Crippen LogP contribution >= 0.6 is 15.9 Å². The first kappa shape index (κ1) is 65.3. The number of nitrogens with zero attached hydrogens (tertiary/aromatic N) is 10. The maximum Gasteiger partial charge on any atom is 0.494 e. The van der Waals surface area contributed by atoms with E-state index in [-0.39, 0.29) is 7.43 Å². The highest BCUT2D eigenvalue weighted by molar-refractivity contribution is 9.10. The molecule has 4 aromatic heterocycles. The highest BCUT2D eigenvalue weighted by Gasteiger charge is 2.51. The van der Waals surface area contributed by atoms with Gasteiger partial charge < -0.3 is 19.9 Å². The minimum absolute atomic E-state index is 0. The maximum atomic E-state index is 6.25. The van der Waals surface area contributed by atoms with Gasteiger partial charge in [-0.2, -0.15) is 0 Å². The summed E-state index contributed by atoms with van der Waals surface area (Å²) in [6.45, 7) is 8.23. The third-order valence-electron chi connectivity index (χ3n) is 19.0. The Balaban J connectivity index is 0.000000126. The van der Waals surface area contributed by atoms with E-state index in [1.54, 1.807) is 0 Å². The average Bonchev–Trinajstić information content (AvgIpc) is 1.60. The molecular formula is C87H68BBrN12O2. The van der Waals surface area contributed by atoms with Crippen molar-refractivity contribution in [2.45, 2.75) is 46.3 Å². The van der Waals surface area contributed by atoms with Gasteiger partial charge in [-0.25, -0.2) is 39.9 Å². The lowest BCUT2D eigenvalue weighted by Gasteiger charge is -2.32. The van der Waals surface area contributed by atoms with E-state index in [2.05, 4.69) is 203 Å². The molecule has 0 radical (unpaired) electrons. The Bertz CT molecular complexity index is 5700. The lowest BCUT2D eigenvalue weighted by molar-refractivity contribution is 0.00578. The number of fused-ring (bicyclic) bond motifs is 14. The highest BCUT2D eigenvalue weighted by atomic mass is 79.9. The monoisotopic (exact) mass is 1400 g/mol. The lowest BCUT2D eigenvalue weighted by atomic mass is 9.78. The van der Waals surface area contributed by atoms with Gasteiger partial charge in [-0.15, -0.1) is 0 Å². The molecule has 498 valence electrons. The van der Waals surface area contributed by atoms with E-state index in [1.165, 1.54) is 11.1 Å². The predicted molar refractivity (Wildman–Crippen MR) is 421 cm³/mol. The van der Waals surface area contributed by atoms with E-state index in [9.17, 15) is 0 Å². The second-order valence-electron chi connectivity index (χ2n) is 26.1. The van der Waals surface area contributed by atoms with Crippen molar-refractivity contribution < 1.29 is 9.31 Å². The van der Waals surface area contributed by atoms with Crippen LogP contribution in [0.25, 0.3) is 135 Å². The Labute approximate surface area is 606 Å². The minimum atomic E-state index is -0.445. The van der Waals surface area contributed by atoms with Crippen molar-refractivity contribution in [2.75, 3.05) is 10.6 Å². The molecule has 0 bridgehead atoms. The maximum absolute atomic E-state index is 6.25. The van der Waals surface area contributed by atoms with Crippen LogP contribution in [0.3, 0.4) is 0 Å². The van der Waals surface area contributed by atoms with Crippen LogP contribution in [0.5, 0.6) is 0 Å². The van der Waals surface area contributed by atoms with Gasteiger partial charge in [0.25, 0.3) is 0 Å². The molecule has 1 fully saturated rings. The van der Waals surface area contributed by atoms with Crippen LogP contribution in [-0.4, -0.2) is 67.3 Å². The molecule has 1 saturated heterocycles. The molecule has 0 spiro atoms. The normalized spacial score (nSPS) is 13.2. The highest BCUT2D eigenvalue weighted by Crippen LogP contribution is 2.45. The number of para-hydroxylation sites is 6. The summed E-state index contributed by atoms with van der Waals surface area (Å²) < 4.78 is 17.9. The molecule has 14 nitrogen and oxygen atoms in total. The molecule has 19 rings (SSSR count). The van der Waals surface area contributed by atoms with Crippen LogP contribution in [-0.2, 0) is 9.31 Å². The number of halogens is 1. The molecule has 0 aliphatic carbocycles. The van der Waals surface area contributed by atoms with E-state index in [0.717, 1.165) is 122 Å². The first-order chi connectivity index (χ1) is 49.9. The van der Waals surface area contributed by atoms with Crippen LogP contribution in [0.4, 0.5) is 23.3 Å². The van der Waals surface area contributed by atoms with Gasteiger partial charge in [0.15, 0.2) is 34.9 Å². The summed E-state index contributed by atoms with van der Waals surface area (Å²) in [5, 5.41) is 7.12. The van der Waals surface area contributed by atoms with E-state index in [0.29, 0.717) is 34.9 Å². The number of aromatic nitrogens is 10. The smallest absolute Gasteiger partial charge is 0.399 e. The van der Waals surface area contributed by atoms with E-state index in [1.807, 2.05) is 164 Å². The van der Waals surface area contributed by atoms with Gasteiger partial charge in [-0.1, -0.05) is 262 Å². The molecule has 16 heteroatoms. The number of rotatable bonds is 8. The van der Waals surface area contributed by atoms with Gasteiger partial charge in [-0.3, -0.25) is 9.13 Å². The zero-order valence-corrected chi connectivity index (χ0v) is 57.7. The topological polar surface area (TPSA) is 156 Å². The van der Waals surface area contributed by atoms with E-state index < -0.39 is 18.3 Å². The van der Waals surface area contributed by atoms with Crippen molar-refractivity contribution in [3.05, 3.63) is 308 Å². The summed E-state index contributed by atoms with van der Waals surface area (Å²) in [6, 6.07) is 103. The minimum Gasteiger partial charge on any atom is -0.399 e. The summed E-state index contributed by atoms with van der Waals surface area (Å²) in [7, 11) is -0.445. The largest absolute Gasteiger partial charge is 0.494 e. The van der Waals surface area contributed by atoms with Crippen molar-refractivity contribution in [2.24, 2.45) is 0 Å². The third kappa shape index (κ3) is 12.5. The van der Waals surface area contributed by atoms with Crippen molar-refractivity contribution in [1.29, 1.82) is 0 Å². The molecule has 12 aromatic carbocycles. The van der Waals surface area contributed by atoms with Crippen LogP contribution < -0.4 is 16.1 Å². The number of nitrogens with one attached hydrogen (secondary N) is 2. The van der Waals surface area contributed by atoms with Gasteiger partial charge in [0, 0.05) is 77.0 Å². The van der Waals surface area contributed by atoms with Crippen molar-refractivity contribution in [3.8, 4) is 113 Å². The predicted octanol–water partition coefficient (Wildman–Crippen LogP) is 20.9. The van der Waals surface area contributed by atoms with Gasteiger partial charge in [0.2, 0.25) is 11.9 Å². The quantitative estimate of drug-likeness (QED) is 0.139. The van der Waals surface area contributed by atoms with Gasteiger partial charge in [-0.05, 0) is 103 Å². The molecule has 16 aromatic rings. The van der Waals surface area contributed by atoms with Crippen molar-refractivity contribution in [3.63, 3.8) is 0 Å². The molecule has 2 N–H and O–H groups in total. The average molecular weight is 1400 g/mol. The lowest BCUT2D eigenvalue weighted by Crippen LogP contribution is -2.41. The van der Waals surface area contributed by atoms with Gasteiger partial charge in [0.1, 0.15) is 5.52 Å². The van der Waals surface area contributed by atoms with Gasteiger partial charge in [0.05, 0.1) is 39.1 Å². The Morgan fingerprint density at radius 2 is 0.641 bits per heavy atom. The first-order valence-electron chi connectivity index (χ1n) is 33.9. The summed E-state index contributed by atoms with van der Waals surface area (Å²) in [5.41, 5.74) is 20.8. The standard InChI is InChI=1S/C40H26N6.C27H26BN3O2.C19H12BrN3.CH4/c1-3-13-26(14-4-1)37-43-38(27-15-5-2-6-16-27)45-39(44-37)29-18-11-17-28(25-29)30-21-12-24-35-36(30)42-40-41-33-22-9-7-19-31(33)32-20-8-10-23-34(32)46(35)40;1-26(2)27(3,4)33-28(32-26)22-17-11-16-21(18-22)25-30-23(19-12-7-5-8-13-19)29-24(31-25)20-14-9-6-10-15-20;20-14-8-5-11-17-18(14)22-19-21-15-9-3-1-6-12(15)13-7-2-4-10-16(13)23(17)19;/h1-25H,(H,41,42);5-18H,1-4H3;1-11H,(H,21,22);1H4. The first-order valence-corrected chi connectivity index (χ1v) is 34.7. The Hall–Kier alpha value is -12.3. The van der Waals surface area contributed by atoms with Crippen LogP contribution in [0.2, 0.25) is 0 Å². The fourth-order valence-electron chi connectivity index (χ4n) is 13.2. The molecule has 3 aliphatic rings. The number of hydrogen-bond donors (Lipinski definition) is 2. The van der Waals surface area contributed by atoms with Crippen LogP contribution in [0.1, 0.15) is 35.1 Å². The summed E-state index contributed by atoms with van der Waals surface area (Å²) in [5.74, 6) is 5.41. The molecule has 0 unspecified atom stereocenters. The molecule has 0 saturated carbocycles. The molecule has 7 heterocycles. The Morgan fingerprint density at radius 3 is 1.11 bits per heavy atom. The number of hydrogen-bond acceptors (Lipinski definition) is 12. The molecule has 0 amide bonds. The second-order valence-corrected chi connectivity index (χ2v) is 26.9. The molecule has 3 aliphatic heterocycles. The SMILES string of the molecule is Brc1cccc2c1nc1n2-c2ccccc2-c2ccccc2N1.C.CC1(C)OB(c2cccc(-c3nc(-c4ccccc4)nc(-c4ccccc4)n3)c2)OC1(C)C.c1ccc(-c2nc(-c3ccccc3)nc(-c3cccc(-c4cccc5c4nc4n5-c5ccccc5-c5ccccc5N4)c3)n2)cc1. The number of anilines is 4. The summed E-state index contributed by atoms with van der Waals surface area (Å²) in [6.07, 6.45) is 0. The molecular weight excluding hydrogens is 1340 g/mol. The van der Waals surface area contributed by atoms with Crippen LogP contribution in [0, 0.1) is 0 Å². The zero-order chi connectivity index (χ0) is 68.9.